The van der Waals surface area contributed by atoms with Crippen LogP contribution in [0.15, 0.2) is 36.5 Å². The van der Waals surface area contributed by atoms with Gasteiger partial charge in [0.25, 0.3) is 7.82 Å². The molecule has 0 bridgehead atoms. The molecule has 0 aliphatic heterocycles. The zero-order valence-electron chi connectivity index (χ0n) is 51.5. The van der Waals surface area contributed by atoms with Gasteiger partial charge in [-0.3, -0.25) is 9.36 Å². The third-order valence-corrected chi connectivity index (χ3v) is 16.3. The molecule has 0 heterocycles. The molecule has 0 aliphatic carbocycles. The molecule has 450 valence electrons. The Labute approximate surface area is 474 Å². The van der Waals surface area contributed by atoms with Crippen LogP contribution in [0.1, 0.15) is 335 Å². The first-order valence-corrected chi connectivity index (χ1v) is 34.8. The van der Waals surface area contributed by atoms with Crippen LogP contribution < -0.4 is 10.2 Å². The van der Waals surface area contributed by atoms with Crippen molar-refractivity contribution in [3.63, 3.8) is 0 Å². The number of allylic oxidation sites excluding steroid dienone is 6. The lowest BCUT2D eigenvalue weighted by Crippen LogP contribution is -2.46. The van der Waals surface area contributed by atoms with Gasteiger partial charge in [-0.25, -0.2) is 0 Å². The van der Waals surface area contributed by atoms with Gasteiger partial charge >= 0.3 is 0 Å². The maximum absolute atomic E-state index is 13.0. The Hall–Kier alpha value is -1.28. The van der Waals surface area contributed by atoms with Gasteiger partial charge in [0.15, 0.2) is 0 Å². The standard InChI is InChI=1S/C67H131N2O6P/c1-6-8-10-12-14-16-18-20-21-22-23-24-25-26-27-28-29-30-31-32-33-34-35-36-37-38-39-40-41-42-43-44-45-46-47-49-51-53-55-57-59-61-67(71)68-65(64-75-76(72,73)74-63-62-69(3,4)5)66(70)60-58-56-54-52-50-48-19-17-15-13-11-9-7-2/h18,20,22-23,25-26,65-66,70H,6-17,19,21,24,27-64H2,1-5H3,(H-,68,71,72,73)/b20-18-,23-22-,26-25-. The monoisotopic (exact) mass is 1090 g/mol. The topological polar surface area (TPSA) is 108 Å². The van der Waals surface area contributed by atoms with Crippen LogP contribution in [0, 0.1) is 0 Å². The van der Waals surface area contributed by atoms with Gasteiger partial charge in [0, 0.05) is 6.42 Å². The highest BCUT2D eigenvalue weighted by Gasteiger charge is 2.24. The molecule has 2 N–H and O–H groups in total. The zero-order valence-corrected chi connectivity index (χ0v) is 52.4. The van der Waals surface area contributed by atoms with E-state index in [1.165, 1.54) is 257 Å². The number of aliphatic hydroxyl groups excluding tert-OH is 1. The fourth-order valence-corrected chi connectivity index (χ4v) is 10.9. The van der Waals surface area contributed by atoms with Crippen LogP contribution in [0.4, 0.5) is 0 Å². The number of phosphoric acid groups is 1. The number of unbranched alkanes of at least 4 members (excludes halogenated alkanes) is 43. The number of hydrogen-bond donors (Lipinski definition) is 2. The summed E-state index contributed by atoms with van der Waals surface area (Å²) >= 11 is 0. The Morgan fingerprint density at radius 1 is 0.461 bits per heavy atom. The van der Waals surface area contributed by atoms with Gasteiger partial charge in [-0.1, -0.05) is 314 Å². The van der Waals surface area contributed by atoms with E-state index in [0.29, 0.717) is 23.9 Å². The quantitative estimate of drug-likeness (QED) is 0.0272. The summed E-state index contributed by atoms with van der Waals surface area (Å²) in [4.78, 5) is 25.5. The molecule has 76 heavy (non-hydrogen) atoms. The number of aliphatic hydroxyl groups is 1. The number of phosphoric ester groups is 1. The van der Waals surface area contributed by atoms with Crippen molar-refractivity contribution in [3.8, 4) is 0 Å². The van der Waals surface area contributed by atoms with E-state index in [1.807, 2.05) is 21.1 Å². The number of carbonyl (C=O) groups is 1. The normalized spacial score (nSPS) is 13.9. The summed E-state index contributed by atoms with van der Waals surface area (Å²) in [6.07, 6.45) is 76.6. The minimum absolute atomic E-state index is 0.0146. The summed E-state index contributed by atoms with van der Waals surface area (Å²) in [6.45, 7) is 4.74. The van der Waals surface area contributed by atoms with Gasteiger partial charge in [-0.2, -0.15) is 0 Å². The molecule has 8 nitrogen and oxygen atoms in total. The van der Waals surface area contributed by atoms with Crippen LogP contribution in [0.2, 0.25) is 0 Å². The number of nitrogens with one attached hydrogen (secondary N) is 1. The molecule has 0 radical (unpaired) electrons. The van der Waals surface area contributed by atoms with Crippen LogP contribution in [0.3, 0.4) is 0 Å². The van der Waals surface area contributed by atoms with E-state index in [2.05, 4.69) is 55.6 Å². The molecular formula is C67H131N2O6P. The predicted molar refractivity (Wildman–Crippen MR) is 330 cm³/mol. The Morgan fingerprint density at radius 3 is 1.11 bits per heavy atom. The molecule has 3 unspecified atom stereocenters. The number of quaternary nitrogens is 1. The fraction of sp³-hybridized carbons (Fsp3) is 0.896. The predicted octanol–water partition coefficient (Wildman–Crippen LogP) is 20.3. The molecule has 1 amide bonds. The summed E-state index contributed by atoms with van der Waals surface area (Å²) in [5.41, 5.74) is 0. The van der Waals surface area contributed by atoms with Crippen molar-refractivity contribution in [2.24, 2.45) is 0 Å². The second-order valence-electron chi connectivity index (χ2n) is 24.2. The maximum Gasteiger partial charge on any atom is 0.268 e. The minimum Gasteiger partial charge on any atom is -0.756 e. The van der Waals surface area contributed by atoms with E-state index < -0.39 is 20.0 Å². The lowest BCUT2D eigenvalue weighted by atomic mass is 10.0. The van der Waals surface area contributed by atoms with Crippen LogP contribution in [-0.2, 0) is 18.4 Å². The van der Waals surface area contributed by atoms with Gasteiger partial charge in [-0.05, 0) is 51.4 Å². The molecule has 3 atom stereocenters. The number of rotatable bonds is 62. The molecule has 0 saturated carbocycles. The second kappa shape index (κ2) is 58.4. The van der Waals surface area contributed by atoms with E-state index in [1.54, 1.807) is 0 Å². The van der Waals surface area contributed by atoms with Crippen LogP contribution in [0.25, 0.3) is 0 Å². The van der Waals surface area contributed by atoms with Gasteiger partial charge in [0.1, 0.15) is 13.2 Å². The number of amides is 1. The number of carbonyl (C=O) groups excluding carboxylic acids is 1. The molecule has 0 rings (SSSR count). The molecule has 0 spiro atoms. The summed E-state index contributed by atoms with van der Waals surface area (Å²) < 4.78 is 23.4. The van der Waals surface area contributed by atoms with Gasteiger partial charge in [-0.15, -0.1) is 0 Å². The highest BCUT2D eigenvalue weighted by molar-refractivity contribution is 7.45. The van der Waals surface area contributed by atoms with E-state index in [-0.39, 0.29) is 19.1 Å². The highest BCUT2D eigenvalue weighted by Crippen LogP contribution is 2.38. The zero-order chi connectivity index (χ0) is 55.6. The molecular weight excluding hydrogens is 960 g/mol. The molecule has 0 fully saturated rings. The van der Waals surface area contributed by atoms with E-state index >= 15 is 0 Å². The third kappa shape index (κ3) is 60.4. The van der Waals surface area contributed by atoms with Crippen LogP contribution in [0.5, 0.6) is 0 Å². The average molecular weight is 1090 g/mol. The summed E-state index contributed by atoms with van der Waals surface area (Å²) in [7, 11) is 1.32. The first-order valence-electron chi connectivity index (χ1n) is 33.3. The van der Waals surface area contributed by atoms with E-state index in [0.717, 1.165) is 51.4 Å². The van der Waals surface area contributed by atoms with E-state index in [4.69, 9.17) is 9.05 Å². The van der Waals surface area contributed by atoms with Crippen molar-refractivity contribution >= 4 is 13.7 Å². The van der Waals surface area contributed by atoms with Gasteiger partial charge < -0.3 is 28.8 Å². The van der Waals surface area contributed by atoms with Crippen molar-refractivity contribution in [3.05, 3.63) is 36.5 Å². The molecule has 0 aromatic heterocycles. The van der Waals surface area contributed by atoms with Gasteiger partial charge in [0.05, 0.1) is 39.9 Å². The Bertz CT molecular complexity index is 1330. The Balaban J connectivity index is 3.81. The largest absolute Gasteiger partial charge is 0.756 e. The fourth-order valence-electron chi connectivity index (χ4n) is 10.2. The molecule has 0 saturated heterocycles. The second-order valence-corrected chi connectivity index (χ2v) is 25.6. The average Bonchev–Trinajstić information content (AvgIpc) is 3.38. The maximum atomic E-state index is 13.0. The van der Waals surface area contributed by atoms with Gasteiger partial charge in [0.2, 0.25) is 5.91 Å². The molecule has 9 heteroatoms. The number of hydrogen-bond acceptors (Lipinski definition) is 6. The van der Waals surface area contributed by atoms with Crippen molar-refractivity contribution in [2.75, 3.05) is 40.9 Å². The third-order valence-electron chi connectivity index (χ3n) is 15.4. The Morgan fingerprint density at radius 2 is 0.763 bits per heavy atom. The first kappa shape index (κ1) is 74.7. The van der Waals surface area contributed by atoms with Crippen LogP contribution in [-0.4, -0.2) is 68.5 Å². The van der Waals surface area contributed by atoms with Crippen molar-refractivity contribution in [1.82, 2.24) is 5.32 Å². The van der Waals surface area contributed by atoms with Crippen molar-refractivity contribution in [2.45, 2.75) is 347 Å². The molecule has 0 aromatic rings. The molecule has 0 aliphatic rings. The summed E-state index contributed by atoms with van der Waals surface area (Å²) in [5.74, 6) is -0.159. The molecule has 0 aromatic carbocycles. The Kier molecular flexibility index (Phi) is 57.4. The highest BCUT2D eigenvalue weighted by atomic mass is 31.2. The smallest absolute Gasteiger partial charge is 0.268 e. The lowest BCUT2D eigenvalue weighted by Gasteiger charge is -2.30. The number of nitrogens with zero attached hydrogens (tertiary/aromatic N) is 1. The van der Waals surface area contributed by atoms with Crippen LogP contribution >= 0.6 is 7.82 Å². The summed E-state index contributed by atoms with van der Waals surface area (Å²) in [5, 5.41) is 14.0. The number of likely N-dealkylation sites (N-methyl/N-ethyl adjacent to an activating group) is 1. The minimum atomic E-state index is -4.57. The van der Waals surface area contributed by atoms with Crippen molar-refractivity contribution in [1.29, 1.82) is 0 Å². The summed E-state index contributed by atoms with van der Waals surface area (Å²) in [6, 6.07) is -0.797. The SMILES string of the molecule is CCCCCCC/C=C\C/C=C\C/C=C\CCCCCCCCCCCCCCCCCCCCCCCCCCCCC(=O)NC(COP(=O)([O-])OCC[N+](C)(C)C)C(O)CCCCCCCCCCCCCCC. The first-order chi connectivity index (χ1) is 37.0. The lowest BCUT2D eigenvalue weighted by molar-refractivity contribution is -0.870. The van der Waals surface area contributed by atoms with Crippen molar-refractivity contribution < 1.29 is 32.9 Å². The van der Waals surface area contributed by atoms with E-state index in [9.17, 15) is 19.4 Å².